The third-order valence-corrected chi connectivity index (χ3v) is 3.52. The van der Waals surface area contributed by atoms with Crippen molar-refractivity contribution in [1.82, 2.24) is 24.7 Å². The van der Waals surface area contributed by atoms with Crippen molar-refractivity contribution in [2.75, 3.05) is 0 Å². The summed E-state index contributed by atoms with van der Waals surface area (Å²) < 4.78 is 1.82. The lowest BCUT2D eigenvalue weighted by molar-refractivity contribution is 0.860. The number of thioether (sulfide) groups is 1. The van der Waals surface area contributed by atoms with Crippen molar-refractivity contribution in [3.63, 3.8) is 0 Å². The molecule has 0 radical (unpaired) electrons. The number of rotatable bonds is 4. The van der Waals surface area contributed by atoms with E-state index in [1.165, 1.54) is 5.56 Å². The fourth-order valence-electron chi connectivity index (χ4n) is 1.56. The van der Waals surface area contributed by atoms with E-state index in [1.54, 1.807) is 36.7 Å². The Bertz CT molecular complexity index is 622. The topological polar surface area (TPSA) is 56.5 Å². The third kappa shape index (κ3) is 2.97. The van der Waals surface area contributed by atoms with Gasteiger partial charge in [0.2, 0.25) is 0 Å². The van der Waals surface area contributed by atoms with Gasteiger partial charge in [0.05, 0.1) is 0 Å². The van der Waals surface area contributed by atoms with Gasteiger partial charge in [0, 0.05) is 30.5 Å². The fraction of sp³-hybridized carbons (Fsp3) is 0.0769. The van der Waals surface area contributed by atoms with Crippen molar-refractivity contribution in [2.45, 2.75) is 10.8 Å². The van der Waals surface area contributed by atoms with E-state index in [1.807, 2.05) is 35.0 Å². The zero-order valence-electron chi connectivity index (χ0n) is 10.0. The van der Waals surface area contributed by atoms with Gasteiger partial charge in [-0.2, -0.15) is 0 Å². The molecule has 0 unspecified atom stereocenters. The fourth-order valence-corrected chi connectivity index (χ4v) is 2.33. The molecule has 0 aromatic carbocycles. The van der Waals surface area contributed by atoms with Crippen LogP contribution in [-0.4, -0.2) is 24.7 Å². The van der Waals surface area contributed by atoms with E-state index < -0.39 is 0 Å². The Hall–Kier alpha value is -2.21. The first-order valence-corrected chi connectivity index (χ1v) is 6.74. The van der Waals surface area contributed by atoms with E-state index in [0.29, 0.717) is 0 Å². The lowest BCUT2D eigenvalue weighted by Crippen LogP contribution is -1.96. The molecule has 0 aliphatic heterocycles. The Morgan fingerprint density at radius 3 is 2.53 bits per heavy atom. The maximum atomic E-state index is 4.20. The molecule has 0 bridgehead atoms. The summed E-state index contributed by atoms with van der Waals surface area (Å²) in [5, 5.41) is 9.28. The Labute approximate surface area is 114 Å². The van der Waals surface area contributed by atoms with Gasteiger partial charge in [-0.15, -0.1) is 10.2 Å². The first-order chi connectivity index (χ1) is 9.42. The molecule has 3 aromatic rings. The van der Waals surface area contributed by atoms with Gasteiger partial charge in [-0.05, 0) is 29.8 Å². The average Bonchev–Trinajstić information content (AvgIpc) is 3.01. The largest absolute Gasteiger partial charge is 0.289 e. The Balaban J connectivity index is 1.67. The van der Waals surface area contributed by atoms with Gasteiger partial charge in [-0.3, -0.25) is 9.55 Å². The minimum Gasteiger partial charge on any atom is -0.289 e. The quantitative estimate of drug-likeness (QED) is 0.680. The summed E-state index contributed by atoms with van der Waals surface area (Å²) in [5.41, 5.74) is 1.22. The predicted octanol–water partition coefficient (Wildman–Crippen LogP) is 2.35. The summed E-state index contributed by atoms with van der Waals surface area (Å²) in [6.45, 7) is 0. The van der Waals surface area contributed by atoms with E-state index in [0.717, 1.165) is 16.6 Å². The van der Waals surface area contributed by atoms with Crippen LogP contribution in [0.1, 0.15) is 5.56 Å². The van der Waals surface area contributed by atoms with Crippen molar-refractivity contribution >= 4 is 11.8 Å². The molecule has 0 N–H and O–H groups in total. The first-order valence-electron chi connectivity index (χ1n) is 5.75. The van der Waals surface area contributed by atoms with Crippen molar-refractivity contribution < 1.29 is 0 Å². The van der Waals surface area contributed by atoms with Gasteiger partial charge in [-0.25, -0.2) is 4.98 Å². The second-order valence-electron chi connectivity index (χ2n) is 3.84. The van der Waals surface area contributed by atoms with Crippen molar-refractivity contribution in [2.24, 2.45) is 0 Å². The molecule has 3 heterocycles. The summed E-state index contributed by atoms with van der Waals surface area (Å²) in [5.74, 6) is 1.63. The van der Waals surface area contributed by atoms with Crippen molar-refractivity contribution in [1.29, 1.82) is 0 Å². The van der Waals surface area contributed by atoms with Crippen LogP contribution < -0.4 is 0 Å². The molecule has 0 fully saturated rings. The Morgan fingerprint density at radius 1 is 0.947 bits per heavy atom. The van der Waals surface area contributed by atoms with Crippen LogP contribution in [0.5, 0.6) is 0 Å². The smallest absolute Gasteiger partial charge is 0.160 e. The molecule has 0 saturated heterocycles. The molecule has 0 aliphatic carbocycles. The second kappa shape index (κ2) is 5.62. The van der Waals surface area contributed by atoms with Gasteiger partial charge in [0.25, 0.3) is 0 Å². The summed E-state index contributed by atoms with van der Waals surface area (Å²) in [4.78, 5) is 7.98. The van der Waals surface area contributed by atoms with Gasteiger partial charge in [-0.1, -0.05) is 11.8 Å². The van der Waals surface area contributed by atoms with E-state index in [9.17, 15) is 0 Å². The number of aromatic nitrogens is 5. The number of pyridine rings is 1. The molecule has 3 rings (SSSR count). The summed E-state index contributed by atoms with van der Waals surface area (Å²) in [6, 6.07) is 7.90. The van der Waals surface area contributed by atoms with Crippen LogP contribution in [0.15, 0.2) is 60.4 Å². The van der Waals surface area contributed by atoms with E-state index in [4.69, 9.17) is 0 Å². The molecule has 0 amide bonds. The van der Waals surface area contributed by atoms with Crippen LogP contribution in [-0.2, 0) is 5.75 Å². The van der Waals surface area contributed by atoms with Gasteiger partial charge in [0.1, 0.15) is 11.4 Å². The SMILES string of the molecule is c1cc(CSc2ccc(-n3ccnc3)nn2)ccn1. The highest BCUT2D eigenvalue weighted by molar-refractivity contribution is 7.98. The molecular formula is C13H11N5S. The molecule has 0 atom stereocenters. The van der Waals surface area contributed by atoms with Gasteiger partial charge in [0.15, 0.2) is 5.82 Å². The normalized spacial score (nSPS) is 10.5. The van der Waals surface area contributed by atoms with E-state index >= 15 is 0 Å². The van der Waals surface area contributed by atoms with Gasteiger partial charge < -0.3 is 0 Å². The molecular weight excluding hydrogens is 258 g/mol. The Kier molecular flexibility index (Phi) is 3.51. The lowest BCUT2D eigenvalue weighted by Gasteiger charge is -2.02. The molecule has 0 saturated carbocycles. The maximum Gasteiger partial charge on any atom is 0.160 e. The maximum absolute atomic E-state index is 4.20. The van der Waals surface area contributed by atoms with Crippen LogP contribution in [0.25, 0.3) is 5.82 Å². The number of nitrogens with zero attached hydrogens (tertiary/aromatic N) is 5. The van der Waals surface area contributed by atoms with Crippen LogP contribution in [0.3, 0.4) is 0 Å². The minimum absolute atomic E-state index is 0.769. The zero-order chi connectivity index (χ0) is 12.9. The second-order valence-corrected chi connectivity index (χ2v) is 4.84. The molecule has 0 aliphatic rings. The number of hydrogen-bond acceptors (Lipinski definition) is 5. The first kappa shape index (κ1) is 11.9. The number of hydrogen-bond donors (Lipinski definition) is 0. The van der Waals surface area contributed by atoms with Gasteiger partial charge >= 0.3 is 0 Å². The minimum atomic E-state index is 0.769. The van der Waals surface area contributed by atoms with Crippen molar-refractivity contribution in [3.8, 4) is 5.82 Å². The molecule has 3 aromatic heterocycles. The summed E-state index contributed by atoms with van der Waals surface area (Å²) in [6.07, 6.45) is 8.85. The van der Waals surface area contributed by atoms with Crippen LogP contribution in [0.4, 0.5) is 0 Å². The standard InChI is InChI=1S/C13H11N5S/c1-2-13(19-9-11-3-5-14-6-4-11)17-16-12(1)18-8-7-15-10-18/h1-8,10H,9H2. The molecule has 6 heteroatoms. The highest BCUT2D eigenvalue weighted by Crippen LogP contribution is 2.20. The van der Waals surface area contributed by atoms with E-state index in [-0.39, 0.29) is 0 Å². The highest BCUT2D eigenvalue weighted by atomic mass is 32.2. The molecule has 19 heavy (non-hydrogen) atoms. The predicted molar refractivity (Wildman–Crippen MR) is 73.0 cm³/mol. The summed E-state index contributed by atoms with van der Waals surface area (Å²) >= 11 is 1.65. The Morgan fingerprint density at radius 2 is 1.84 bits per heavy atom. The van der Waals surface area contributed by atoms with Crippen molar-refractivity contribution in [3.05, 3.63) is 60.9 Å². The lowest BCUT2D eigenvalue weighted by atomic mass is 10.3. The summed E-state index contributed by atoms with van der Waals surface area (Å²) in [7, 11) is 0. The monoisotopic (exact) mass is 269 g/mol. The van der Waals surface area contributed by atoms with Crippen LogP contribution in [0.2, 0.25) is 0 Å². The highest BCUT2D eigenvalue weighted by Gasteiger charge is 2.01. The molecule has 0 spiro atoms. The van der Waals surface area contributed by atoms with E-state index in [2.05, 4.69) is 20.2 Å². The van der Waals surface area contributed by atoms with Crippen LogP contribution in [0, 0.1) is 0 Å². The molecule has 94 valence electrons. The zero-order valence-corrected chi connectivity index (χ0v) is 10.9. The number of imidazole rings is 1. The molecule has 5 nitrogen and oxygen atoms in total. The third-order valence-electron chi connectivity index (χ3n) is 2.53. The van der Waals surface area contributed by atoms with Crippen LogP contribution >= 0.6 is 11.8 Å². The average molecular weight is 269 g/mol.